The third-order valence-electron chi connectivity index (χ3n) is 2.29. The smallest absolute Gasteiger partial charge is 0.148 e. The number of Topliss-reactive ketones (excluding diaryl/α,β-unsaturated/α-hetero) is 1. The molecule has 0 bridgehead atoms. The van der Waals surface area contributed by atoms with Gasteiger partial charge >= 0.3 is 0 Å². The summed E-state index contributed by atoms with van der Waals surface area (Å²) in [5.74, 6) is 0.461. The predicted molar refractivity (Wildman–Crippen MR) is 55.7 cm³/mol. The molecule has 1 aromatic rings. The van der Waals surface area contributed by atoms with Gasteiger partial charge in [-0.25, -0.2) is 0 Å². The minimum absolute atomic E-state index is 0. The highest BCUT2D eigenvalue weighted by Gasteiger charge is 2.24. The van der Waals surface area contributed by atoms with Gasteiger partial charge in [-0.2, -0.15) is 0 Å². The lowest BCUT2D eigenvalue weighted by atomic mass is 10.0. The van der Waals surface area contributed by atoms with Crippen LogP contribution in [-0.2, 0) is 4.79 Å². The fraction of sp³-hybridized carbons (Fsp3) is 0.300. The lowest BCUT2D eigenvalue weighted by Crippen LogP contribution is -2.13. The zero-order valence-electron chi connectivity index (χ0n) is 7.56. The maximum atomic E-state index is 11.0. The van der Waals surface area contributed by atoms with Crippen LogP contribution in [0.3, 0.4) is 0 Å². The first-order valence-electron chi connectivity index (χ1n) is 4.30. The molecule has 0 amide bonds. The first kappa shape index (κ1) is 11.0. The van der Waals surface area contributed by atoms with E-state index >= 15 is 0 Å². The normalized spacial score (nSPS) is 20.6. The third-order valence-corrected chi connectivity index (χ3v) is 2.29. The Morgan fingerprint density at radius 3 is 2.64 bits per heavy atom. The van der Waals surface area contributed by atoms with Gasteiger partial charge in [0.05, 0.1) is 6.54 Å². The number of phenols is 1. The van der Waals surface area contributed by atoms with Gasteiger partial charge in [0, 0.05) is 18.0 Å². The summed E-state index contributed by atoms with van der Waals surface area (Å²) in [6.45, 7) is 0.416. The van der Waals surface area contributed by atoms with Gasteiger partial charge in [-0.05, 0) is 6.07 Å². The van der Waals surface area contributed by atoms with E-state index in [4.69, 9.17) is 0 Å². The second-order valence-electron chi connectivity index (χ2n) is 3.24. The standard InChI is InChI=1S/C10H11NO2.ClH/c12-7-5-9(11-6-7)8-3-1-2-4-10(8)13;/h1-4,9,11,13H,5-6H2;1H. The molecule has 1 saturated heterocycles. The topological polar surface area (TPSA) is 49.3 Å². The van der Waals surface area contributed by atoms with Crippen LogP contribution in [0.1, 0.15) is 18.0 Å². The van der Waals surface area contributed by atoms with E-state index in [2.05, 4.69) is 5.32 Å². The molecule has 0 spiro atoms. The lowest BCUT2D eigenvalue weighted by Gasteiger charge is -2.10. The number of ketones is 1. The van der Waals surface area contributed by atoms with Gasteiger partial charge in [0.15, 0.2) is 0 Å². The number of phenolic OH excluding ortho intramolecular Hbond substituents is 1. The molecule has 14 heavy (non-hydrogen) atoms. The molecule has 0 radical (unpaired) electrons. The average Bonchev–Trinajstić information content (AvgIpc) is 2.53. The summed E-state index contributed by atoms with van der Waals surface area (Å²) in [6.07, 6.45) is 0.484. The Morgan fingerprint density at radius 2 is 2.07 bits per heavy atom. The van der Waals surface area contributed by atoms with E-state index in [0.29, 0.717) is 13.0 Å². The van der Waals surface area contributed by atoms with E-state index in [1.165, 1.54) is 0 Å². The number of rotatable bonds is 1. The zero-order chi connectivity index (χ0) is 9.26. The minimum Gasteiger partial charge on any atom is -0.508 e. The summed E-state index contributed by atoms with van der Waals surface area (Å²) < 4.78 is 0. The molecule has 1 atom stereocenters. The summed E-state index contributed by atoms with van der Waals surface area (Å²) in [5, 5.41) is 12.6. The van der Waals surface area contributed by atoms with Gasteiger partial charge in [-0.15, -0.1) is 12.4 Å². The average molecular weight is 214 g/mol. The number of para-hydroxylation sites is 1. The number of nitrogens with one attached hydrogen (secondary N) is 1. The molecule has 1 heterocycles. The molecule has 1 unspecified atom stereocenters. The molecule has 1 fully saturated rings. The number of halogens is 1. The molecule has 1 aliphatic rings. The Morgan fingerprint density at radius 1 is 1.36 bits per heavy atom. The number of carbonyl (C=O) groups is 1. The van der Waals surface area contributed by atoms with Crippen LogP contribution in [0.15, 0.2) is 24.3 Å². The van der Waals surface area contributed by atoms with Crippen LogP contribution >= 0.6 is 12.4 Å². The van der Waals surface area contributed by atoms with Crippen molar-refractivity contribution in [3.63, 3.8) is 0 Å². The first-order chi connectivity index (χ1) is 6.27. The van der Waals surface area contributed by atoms with Crippen LogP contribution < -0.4 is 5.32 Å². The van der Waals surface area contributed by atoms with Crippen molar-refractivity contribution < 1.29 is 9.90 Å². The van der Waals surface area contributed by atoms with Crippen molar-refractivity contribution in [2.75, 3.05) is 6.54 Å². The van der Waals surface area contributed by atoms with Crippen LogP contribution in [0, 0.1) is 0 Å². The second-order valence-corrected chi connectivity index (χ2v) is 3.24. The maximum absolute atomic E-state index is 11.0. The van der Waals surface area contributed by atoms with Gasteiger partial charge in [-0.3, -0.25) is 4.79 Å². The first-order valence-corrected chi connectivity index (χ1v) is 4.30. The van der Waals surface area contributed by atoms with Crippen molar-refractivity contribution >= 4 is 18.2 Å². The van der Waals surface area contributed by atoms with Gasteiger partial charge < -0.3 is 10.4 Å². The molecule has 1 aliphatic heterocycles. The third kappa shape index (κ3) is 2.05. The zero-order valence-corrected chi connectivity index (χ0v) is 8.38. The van der Waals surface area contributed by atoms with Crippen molar-refractivity contribution in [2.45, 2.75) is 12.5 Å². The van der Waals surface area contributed by atoms with Crippen LogP contribution in [0.25, 0.3) is 0 Å². The van der Waals surface area contributed by atoms with E-state index in [9.17, 15) is 9.90 Å². The Kier molecular flexibility index (Phi) is 3.49. The molecule has 2 rings (SSSR count). The second kappa shape index (κ2) is 4.44. The summed E-state index contributed by atoms with van der Waals surface area (Å²) in [7, 11) is 0. The predicted octanol–water partition coefficient (Wildman–Crippen LogP) is 1.42. The number of benzene rings is 1. The number of carbonyl (C=O) groups excluding carboxylic acids is 1. The largest absolute Gasteiger partial charge is 0.508 e. The van der Waals surface area contributed by atoms with Crippen molar-refractivity contribution in [3.8, 4) is 5.75 Å². The van der Waals surface area contributed by atoms with Gasteiger partial charge in [0.1, 0.15) is 11.5 Å². The van der Waals surface area contributed by atoms with Gasteiger partial charge in [0.2, 0.25) is 0 Å². The molecule has 3 nitrogen and oxygen atoms in total. The molecule has 0 aromatic heterocycles. The summed E-state index contributed by atoms with van der Waals surface area (Å²) >= 11 is 0. The number of hydrogen-bond donors (Lipinski definition) is 2. The van der Waals surface area contributed by atoms with Crippen LogP contribution in [0.2, 0.25) is 0 Å². The van der Waals surface area contributed by atoms with Crippen LogP contribution in [0.4, 0.5) is 0 Å². The Balaban J connectivity index is 0.000000980. The molecule has 76 valence electrons. The minimum atomic E-state index is -0.00583. The molecule has 4 heteroatoms. The van der Waals surface area contributed by atoms with Crippen LogP contribution in [0.5, 0.6) is 5.75 Å². The SMILES string of the molecule is Cl.O=C1CNC(c2ccccc2O)C1. The van der Waals surface area contributed by atoms with E-state index in [1.54, 1.807) is 12.1 Å². The van der Waals surface area contributed by atoms with Gasteiger partial charge in [-0.1, -0.05) is 18.2 Å². The molecule has 1 aromatic carbocycles. The molecular formula is C10H12ClNO2. The maximum Gasteiger partial charge on any atom is 0.148 e. The highest BCUT2D eigenvalue weighted by molar-refractivity contribution is 5.85. The quantitative estimate of drug-likeness (QED) is 0.742. The van der Waals surface area contributed by atoms with Crippen molar-refractivity contribution in [1.82, 2.24) is 5.32 Å². The van der Waals surface area contributed by atoms with Crippen molar-refractivity contribution in [1.29, 1.82) is 0 Å². The van der Waals surface area contributed by atoms with Crippen LogP contribution in [-0.4, -0.2) is 17.4 Å². The molecular weight excluding hydrogens is 202 g/mol. The van der Waals surface area contributed by atoms with Gasteiger partial charge in [0.25, 0.3) is 0 Å². The Labute approximate surface area is 88.5 Å². The highest BCUT2D eigenvalue weighted by Crippen LogP contribution is 2.28. The fourth-order valence-electron chi connectivity index (χ4n) is 1.61. The molecule has 0 saturated carbocycles. The van der Waals surface area contributed by atoms with E-state index < -0.39 is 0 Å². The molecule has 2 N–H and O–H groups in total. The van der Waals surface area contributed by atoms with Crippen molar-refractivity contribution in [3.05, 3.63) is 29.8 Å². The lowest BCUT2D eigenvalue weighted by molar-refractivity contribution is -0.116. The van der Waals surface area contributed by atoms with E-state index in [-0.39, 0.29) is 30.0 Å². The highest BCUT2D eigenvalue weighted by atomic mass is 35.5. The van der Waals surface area contributed by atoms with Crippen molar-refractivity contribution in [2.24, 2.45) is 0 Å². The van der Waals surface area contributed by atoms with E-state index in [0.717, 1.165) is 5.56 Å². The summed E-state index contributed by atoms with van der Waals surface area (Å²) in [4.78, 5) is 11.0. The number of aromatic hydroxyl groups is 1. The number of hydrogen-bond acceptors (Lipinski definition) is 3. The monoisotopic (exact) mass is 213 g/mol. The Hall–Kier alpha value is -1.06. The summed E-state index contributed by atoms with van der Waals surface area (Å²) in [6, 6.07) is 7.11. The van der Waals surface area contributed by atoms with E-state index in [1.807, 2.05) is 12.1 Å². The fourth-order valence-corrected chi connectivity index (χ4v) is 1.61. The Bertz CT molecular complexity index is 341. The molecule has 0 aliphatic carbocycles. The summed E-state index contributed by atoms with van der Waals surface area (Å²) in [5.41, 5.74) is 0.813.